The molecule has 0 radical (unpaired) electrons. The second-order valence-corrected chi connectivity index (χ2v) is 6.37. The molecule has 1 fully saturated rings. The Labute approximate surface area is 114 Å². The van der Waals surface area contributed by atoms with Gasteiger partial charge >= 0.3 is 5.97 Å². The summed E-state index contributed by atoms with van der Waals surface area (Å²) in [6, 6.07) is 0. The Balaban J connectivity index is 2.53. The molecule has 4 nitrogen and oxygen atoms in total. The van der Waals surface area contributed by atoms with Crippen molar-refractivity contribution in [2.24, 2.45) is 0 Å². The van der Waals surface area contributed by atoms with Gasteiger partial charge in [0.1, 0.15) is 5.60 Å². The van der Waals surface area contributed by atoms with Gasteiger partial charge in [0.05, 0.1) is 18.6 Å². The third kappa shape index (κ3) is 5.55. The lowest BCUT2D eigenvalue weighted by atomic mass is 10.1. The van der Waals surface area contributed by atoms with Gasteiger partial charge in [-0.3, -0.25) is 4.79 Å². The molecular weight excluding hydrogens is 256 g/mol. The molecule has 5 heteroatoms. The number of esters is 1. The van der Waals surface area contributed by atoms with E-state index in [0.717, 1.165) is 0 Å². The number of halogens is 1. The van der Waals surface area contributed by atoms with Gasteiger partial charge < -0.3 is 14.2 Å². The third-order valence-electron chi connectivity index (χ3n) is 2.41. The van der Waals surface area contributed by atoms with Crippen molar-refractivity contribution in [1.82, 2.24) is 0 Å². The van der Waals surface area contributed by atoms with Gasteiger partial charge in [0.25, 0.3) is 0 Å². The van der Waals surface area contributed by atoms with Crippen molar-refractivity contribution >= 4 is 17.6 Å². The molecule has 0 aromatic heterocycles. The van der Waals surface area contributed by atoms with Crippen LogP contribution in [-0.4, -0.2) is 35.4 Å². The number of ether oxygens (including phenoxy) is 3. The number of rotatable bonds is 3. The molecule has 1 rings (SSSR count). The fourth-order valence-electron chi connectivity index (χ4n) is 2.01. The second-order valence-electron chi connectivity index (χ2n) is 6.06. The first-order chi connectivity index (χ1) is 8.11. The Morgan fingerprint density at radius 2 is 1.89 bits per heavy atom. The zero-order valence-corrected chi connectivity index (χ0v) is 12.5. The molecule has 0 spiro atoms. The molecule has 0 bridgehead atoms. The average Bonchev–Trinajstić information content (AvgIpc) is 2.11. The highest BCUT2D eigenvalue weighted by Crippen LogP contribution is 2.29. The van der Waals surface area contributed by atoms with E-state index in [1.165, 1.54) is 0 Å². The van der Waals surface area contributed by atoms with Crippen LogP contribution in [-0.2, 0) is 19.0 Å². The van der Waals surface area contributed by atoms with Crippen molar-refractivity contribution in [3.05, 3.63) is 0 Å². The molecule has 18 heavy (non-hydrogen) atoms. The monoisotopic (exact) mass is 278 g/mol. The van der Waals surface area contributed by atoms with E-state index in [1.807, 2.05) is 34.6 Å². The molecule has 1 aliphatic rings. The number of carbonyl (C=O) groups is 1. The van der Waals surface area contributed by atoms with Crippen LogP contribution in [0.5, 0.6) is 0 Å². The Bertz CT molecular complexity index is 296. The van der Waals surface area contributed by atoms with Gasteiger partial charge in [-0.15, -0.1) is 11.6 Å². The maximum Gasteiger partial charge on any atom is 0.308 e. The van der Waals surface area contributed by atoms with E-state index >= 15 is 0 Å². The third-order valence-corrected chi connectivity index (χ3v) is 2.76. The van der Waals surface area contributed by atoms with Crippen LogP contribution in [0.4, 0.5) is 0 Å². The predicted molar refractivity (Wildman–Crippen MR) is 69.6 cm³/mol. The number of hydrogen-bond acceptors (Lipinski definition) is 4. The van der Waals surface area contributed by atoms with Gasteiger partial charge in [-0.1, -0.05) is 0 Å². The topological polar surface area (TPSA) is 44.8 Å². The molecule has 2 atom stereocenters. The summed E-state index contributed by atoms with van der Waals surface area (Å²) < 4.78 is 16.6. The van der Waals surface area contributed by atoms with Crippen molar-refractivity contribution < 1.29 is 19.0 Å². The molecule has 1 heterocycles. The molecule has 0 unspecified atom stereocenters. The first-order valence-corrected chi connectivity index (χ1v) is 6.78. The minimum Gasteiger partial charge on any atom is -0.460 e. The normalized spacial score (nSPS) is 27.9. The van der Waals surface area contributed by atoms with E-state index in [2.05, 4.69) is 0 Å². The second kappa shape index (κ2) is 5.76. The van der Waals surface area contributed by atoms with E-state index < -0.39 is 11.4 Å². The minimum absolute atomic E-state index is 0.0807. The fourth-order valence-corrected chi connectivity index (χ4v) is 2.20. The molecule has 1 saturated heterocycles. The zero-order chi connectivity index (χ0) is 14.0. The zero-order valence-electron chi connectivity index (χ0n) is 11.8. The molecular formula is C13H23ClO4. The standard InChI is InChI=1S/C13H23ClO4/c1-12(2,3)18-11(15)7-9-6-10(8-14)17-13(4,5)16-9/h9-10H,6-8H2,1-5H3/t9-,10+/m1/s1. The maximum absolute atomic E-state index is 11.8. The van der Waals surface area contributed by atoms with Crippen molar-refractivity contribution in [3.63, 3.8) is 0 Å². The van der Waals surface area contributed by atoms with E-state index in [4.69, 9.17) is 25.8 Å². The molecule has 0 amide bonds. The summed E-state index contributed by atoms with van der Waals surface area (Å²) in [4.78, 5) is 11.8. The molecule has 0 aromatic carbocycles. The van der Waals surface area contributed by atoms with Gasteiger partial charge in [-0.25, -0.2) is 0 Å². The van der Waals surface area contributed by atoms with Gasteiger partial charge in [-0.2, -0.15) is 0 Å². The first kappa shape index (κ1) is 15.7. The van der Waals surface area contributed by atoms with E-state index in [-0.39, 0.29) is 24.6 Å². The minimum atomic E-state index is -0.704. The van der Waals surface area contributed by atoms with Crippen molar-refractivity contribution in [1.29, 1.82) is 0 Å². The van der Waals surface area contributed by atoms with Crippen LogP contribution in [0.1, 0.15) is 47.5 Å². The van der Waals surface area contributed by atoms with Crippen LogP contribution in [0, 0.1) is 0 Å². The van der Waals surface area contributed by atoms with Crippen LogP contribution >= 0.6 is 11.6 Å². The summed E-state index contributed by atoms with van der Waals surface area (Å²) in [6.45, 7) is 9.20. The average molecular weight is 279 g/mol. The molecule has 0 N–H and O–H groups in total. The summed E-state index contributed by atoms with van der Waals surface area (Å²) in [6.07, 6.45) is 0.569. The van der Waals surface area contributed by atoms with E-state index in [9.17, 15) is 4.79 Å². The predicted octanol–water partition coefficient (Wildman–Crippen LogP) is 2.87. The smallest absolute Gasteiger partial charge is 0.308 e. The van der Waals surface area contributed by atoms with Gasteiger partial charge in [0.15, 0.2) is 5.79 Å². The number of hydrogen-bond donors (Lipinski definition) is 0. The maximum atomic E-state index is 11.8. The van der Waals surface area contributed by atoms with Gasteiger partial charge in [0.2, 0.25) is 0 Å². The highest BCUT2D eigenvalue weighted by Gasteiger charge is 2.36. The molecule has 106 valence electrons. The molecule has 0 aromatic rings. The summed E-state index contributed by atoms with van der Waals surface area (Å²) in [7, 11) is 0. The van der Waals surface area contributed by atoms with Crippen LogP contribution in [0.3, 0.4) is 0 Å². The Morgan fingerprint density at radius 3 is 2.39 bits per heavy atom. The fraction of sp³-hybridized carbons (Fsp3) is 0.923. The lowest BCUT2D eigenvalue weighted by Crippen LogP contribution is -2.46. The van der Waals surface area contributed by atoms with Crippen LogP contribution < -0.4 is 0 Å². The van der Waals surface area contributed by atoms with Crippen LogP contribution in [0.15, 0.2) is 0 Å². The molecule has 0 aliphatic carbocycles. The lowest BCUT2D eigenvalue weighted by molar-refractivity contribution is -0.295. The molecule has 0 saturated carbocycles. The SMILES string of the molecule is CC(C)(C)OC(=O)C[C@H]1C[C@@H](CCl)OC(C)(C)O1. The lowest BCUT2D eigenvalue weighted by Gasteiger charge is -2.40. The molecule has 1 aliphatic heterocycles. The largest absolute Gasteiger partial charge is 0.460 e. The quantitative estimate of drug-likeness (QED) is 0.588. The first-order valence-electron chi connectivity index (χ1n) is 6.25. The van der Waals surface area contributed by atoms with Gasteiger partial charge in [-0.05, 0) is 34.6 Å². The van der Waals surface area contributed by atoms with E-state index in [0.29, 0.717) is 12.3 Å². The van der Waals surface area contributed by atoms with Crippen molar-refractivity contribution in [2.75, 3.05) is 5.88 Å². The Kier molecular flexibility index (Phi) is 5.04. The highest BCUT2D eigenvalue weighted by molar-refractivity contribution is 6.18. The van der Waals surface area contributed by atoms with Crippen LogP contribution in [0.2, 0.25) is 0 Å². The summed E-state index contributed by atoms with van der Waals surface area (Å²) in [5, 5.41) is 0. The van der Waals surface area contributed by atoms with Crippen molar-refractivity contribution in [2.45, 2.75) is 71.1 Å². The summed E-state index contributed by atoms with van der Waals surface area (Å²) in [5.41, 5.74) is -0.469. The number of alkyl halides is 1. The Morgan fingerprint density at radius 1 is 1.33 bits per heavy atom. The van der Waals surface area contributed by atoms with E-state index in [1.54, 1.807) is 0 Å². The summed E-state index contributed by atoms with van der Waals surface area (Å²) >= 11 is 5.82. The summed E-state index contributed by atoms with van der Waals surface area (Å²) in [5.74, 6) is -0.555. The Hall–Kier alpha value is -0.320. The van der Waals surface area contributed by atoms with Gasteiger partial charge in [0, 0.05) is 12.3 Å². The van der Waals surface area contributed by atoms with Crippen molar-refractivity contribution in [3.8, 4) is 0 Å². The van der Waals surface area contributed by atoms with Crippen LogP contribution in [0.25, 0.3) is 0 Å². The number of carbonyl (C=O) groups excluding carboxylic acids is 1. The highest BCUT2D eigenvalue weighted by atomic mass is 35.5.